The maximum Gasteiger partial charge on any atom is 0.573 e. The summed E-state index contributed by atoms with van der Waals surface area (Å²) < 4.78 is 41.3. The summed E-state index contributed by atoms with van der Waals surface area (Å²) in [4.78, 5) is 17.9. The van der Waals surface area contributed by atoms with Crippen molar-refractivity contribution in [3.05, 3.63) is 46.1 Å². The van der Waals surface area contributed by atoms with Gasteiger partial charge in [-0.1, -0.05) is 0 Å². The molecule has 1 N–H and O–H groups in total. The Labute approximate surface area is 176 Å². The molecule has 3 rings (SSSR count). The summed E-state index contributed by atoms with van der Waals surface area (Å²) in [6, 6.07) is 6.36. The molecule has 0 bridgehead atoms. The minimum atomic E-state index is -4.83. The smallest absolute Gasteiger partial charge is 0.406 e. The van der Waals surface area contributed by atoms with E-state index in [9.17, 15) is 23.2 Å². The zero-order valence-electron chi connectivity index (χ0n) is 15.7. The number of carbonyl (C=O) groups excluding carboxylic acids is 1. The van der Waals surface area contributed by atoms with E-state index in [1.807, 2.05) is 13.0 Å². The number of alkyl halides is 3. The number of aryl methyl sites for hydroxylation is 1. The second-order valence-corrected chi connectivity index (χ2v) is 7.46. The topological polar surface area (TPSA) is 106 Å². The van der Waals surface area contributed by atoms with Gasteiger partial charge >= 0.3 is 6.36 Å². The van der Waals surface area contributed by atoms with Gasteiger partial charge < -0.3 is 10.1 Å². The quantitative estimate of drug-likeness (QED) is 0.596. The van der Waals surface area contributed by atoms with Crippen molar-refractivity contribution in [1.29, 1.82) is 5.26 Å². The van der Waals surface area contributed by atoms with Gasteiger partial charge in [-0.25, -0.2) is 4.98 Å². The Morgan fingerprint density at radius 3 is 2.57 bits per heavy atom. The van der Waals surface area contributed by atoms with Gasteiger partial charge in [-0.3, -0.25) is 4.79 Å². The minimum absolute atomic E-state index is 0.0611. The zero-order chi connectivity index (χ0) is 22.1. The molecule has 1 amide bonds. The van der Waals surface area contributed by atoms with Crippen LogP contribution in [0.25, 0.3) is 11.2 Å². The SMILES string of the molecule is Cc1c(Br)cnc2nn(CC(C)(C#N)NC(=O)c3ccc(OC(F)(F)F)cc3)nc12. The number of halogens is 4. The molecule has 1 aromatic carbocycles. The van der Waals surface area contributed by atoms with E-state index in [-0.39, 0.29) is 12.1 Å². The van der Waals surface area contributed by atoms with Crippen molar-refractivity contribution >= 4 is 33.0 Å². The van der Waals surface area contributed by atoms with Gasteiger partial charge in [0, 0.05) is 16.2 Å². The van der Waals surface area contributed by atoms with E-state index in [1.165, 1.54) is 23.9 Å². The standard InChI is InChI=1S/C18H14BrF3N6O2/c1-10-13(19)7-24-15-14(10)26-28(27-15)9-17(2,8-23)25-16(29)11-3-5-12(6-4-11)30-18(20,21)22/h3-7H,9H2,1-2H3,(H,25,29). The van der Waals surface area contributed by atoms with Crippen molar-refractivity contribution in [2.24, 2.45) is 0 Å². The summed E-state index contributed by atoms with van der Waals surface area (Å²) in [5.74, 6) is -1.10. The van der Waals surface area contributed by atoms with Gasteiger partial charge in [0.15, 0.2) is 0 Å². The Bertz CT molecular complexity index is 1140. The molecule has 0 aliphatic carbocycles. The van der Waals surface area contributed by atoms with Crippen molar-refractivity contribution in [1.82, 2.24) is 25.3 Å². The minimum Gasteiger partial charge on any atom is -0.406 e. The van der Waals surface area contributed by atoms with Crippen LogP contribution in [0.15, 0.2) is 34.9 Å². The molecule has 12 heteroatoms. The van der Waals surface area contributed by atoms with Gasteiger partial charge in [-0.2, -0.15) is 15.2 Å². The number of benzene rings is 1. The summed E-state index contributed by atoms with van der Waals surface area (Å²) in [7, 11) is 0. The van der Waals surface area contributed by atoms with Crippen molar-refractivity contribution < 1.29 is 22.7 Å². The van der Waals surface area contributed by atoms with Crippen LogP contribution in [0.5, 0.6) is 5.75 Å². The van der Waals surface area contributed by atoms with E-state index in [1.54, 1.807) is 6.20 Å². The van der Waals surface area contributed by atoms with Crippen LogP contribution in [0.4, 0.5) is 13.2 Å². The number of nitriles is 1. The molecule has 156 valence electrons. The summed E-state index contributed by atoms with van der Waals surface area (Å²) in [5, 5.41) is 20.7. The lowest BCUT2D eigenvalue weighted by atomic mass is 10.0. The number of hydrogen-bond acceptors (Lipinski definition) is 6. The van der Waals surface area contributed by atoms with E-state index in [4.69, 9.17) is 0 Å². The average Bonchev–Trinajstić information content (AvgIpc) is 3.07. The first kappa shape index (κ1) is 21.5. The van der Waals surface area contributed by atoms with E-state index >= 15 is 0 Å². The van der Waals surface area contributed by atoms with Gasteiger partial charge in [-0.05, 0) is 59.6 Å². The zero-order valence-corrected chi connectivity index (χ0v) is 17.2. The molecule has 1 unspecified atom stereocenters. The first-order valence-corrected chi connectivity index (χ1v) is 9.24. The van der Waals surface area contributed by atoms with Gasteiger partial charge in [0.1, 0.15) is 16.8 Å². The van der Waals surface area contributed by atoms with Crippen LogP contribution in [0.2, 0.25) is 0 Å². The van der Waals surface area contributed by atoms with Gasteiger partial charge in [0.2, 0.25) is 5.65 Å². The van der Waals surface area contributed by atoms with Crippen LogP contribution in [-0.2, 0) is 6.54 Å². The van der Waals surface area contributed by atoms with Crippen molar-refractivity contribution in [2.75, 3.05) is 0 Å². The molecule has 0 aliphatic rings. The number of amides is 1. The Hall–Kier alpha value is -3.20. The number of hydrogen-bond donors (Lipinski definition) is 1. The number of fused-ring (bicyclic) bond motifs is 1. The third-order valence-corrected chi connectivity index (χ3v) is 4.89. The molecule has 30 heavy (non-hydrogen) atoms. The van der Waals surface area contributed by atoms with Gasteiger partial charge in [0.05, 0.1) is 12.6 Å². The molecule has 1 atom stereocenters. The van der Waals surface area contributed by atoms with E-state index < -0.39 is 23.6 Å². The van der Waals surface area contributed by atoms with Crippen molar-refractivity contribution in [3.63, 3.8) is 0 Å². The Morgan fingerprint density at radius 1 is 1.30 bits per heavy atom. The Morgan fingerprint density at radius 2 is 1.97 bits per heavy atom. The molecule has 0 saturated heterocycles. The lowest BCUT2D eigenvalue weighted by molar-refractivity contribution is -0.274. The van der Waals surface area contributed by atoms with Crippen LogP contribution in [0.1, 0.15) is 22.8 Å². The molecule has 0 radical (unpaired) electrons. The normalized spacial score (nSPS) is 13.5. The molecule has 8 nitrogen and oxygen atoms in total. The predicted octanol–water partition coefficient (Wildman–Crippen LogP) is 3.51. The molecule has 0 aliphatic heterocycles. The molecule has 3 aromatic rings. The second kappa shape index (κ2) is 7.91. The second-order valence-electron chi connectivity index (χ2n) is 6.60. The number of rotatable bonds is 5. The summed E-state index contributed by atoms with van der Waals surface area (Å²) in [6.45, 7) is 3.25. The average molecular weight is 483 g/mol. The molecule has 0 fully saturated rings. The van der Waals surface area contributed by atoms with Crippen LogP contribution in [0, 0.1) is 18.3 Å². The maximum absolute atomic E-state index is 12.5. The van der Waals surface area contributed by atoms with E-state index in [0.29, 0.717) is 11.2 Å². The first-order valence-electron chi connectivity index (χ1n) is 8.45. The maximum atomic E-state index is 12.5. The molecule has 2 aromatic heterocycles. The number of ether oxygens (including phenoxy) is 1. The van der Waals surface area contributed by atoms with Crippen molar-refractivity contribution in [2.45, 2.75) is 32.3 Å². The highest BCUT2D eigenvalue weighted by atomic mass is 79.9. The van der Waals surface area contributed by atoms with Gasteiger partial charge in [0.25, 0.3) is 5.91 Å². The van der Waals surface area contributed by atoms with Crippen LogP contribution in [0.3, 0.4) is 0 Å². The number of pyridine rings is 1. The third kappa shape index (κ3) is 4.85. The van der Waals surface area contributed by atoms with E-state index in [2.05, 4.69) is 41.2 Å². The fourth-order valence-corrected chi connectivity index (χ4v) is 2.87. The highest BCUT2D eigenvalue weighted by Crippen LogP contribution is 2.23. The predicted molar refractivity (Wildman–Crippen MR) is 102 cm³/mol. The Kier molecular flexibility index (Phi) is 5.67. The number of nitrogens with zero attached hydrogens (tertiary/aromatic N) is 5. The summed E-state index contributed by atoms with van der Waals surface area (Å²) in [5.41, 5.74) is 0.443. The monoisotopic (exact) mass is 482 g/mol. The highest BCUT2D eigenvalue weighted by molar-refractivity contribution is 9.10. The highest BCUT2D eigenvalue weighted by Gasteiger charge is 2.32. The van der Waals surface area contributed by atoms with Crippen LogP contribution >= 0.6 is 15.9 Å². The molecule has 0 spiro atoms. The number of nitrogens with one attached hydrogen (secondary N) is 1. The van der Waals surface area contributed by atoms with E-state index in [0.717, 1.165) is 22.2 Å². The number of aromatic nitrogens is 4. The fraction of sp³-hybridized carbons (Fsp3) is 0.278. The Balaban J connectivity index is 1.76. The summed E-state index contributed by atoms with van der Waals surface area (Å²) in [6.07, 6.45) is -3.24. The molecule has 0 saturated carbocycles. The molecular weight excluding hydrogens is 469 g/mol. The fourth-order valence-electron chi connectivity index (χ4n) is 2.58. The van der Waals surface area contributed by atoms with Crippen molar-refractivity contribution in [3.8, 4) is 11.8 Å². The van der Waals surface area contributed by atoms with Gasteiger partial charge in [-0.15, -0.1) is 18.3 Å². The lowest BCUT2D eigenvalue weighted by Crippen LogP contribution is -2.48. The number of carbonyl (C=O) groups is 1. The largest absolute Gasteiger partial charge is 0.573 e. The first-order chi connectivity index (χ1) is 14.0. The van der Waals surface area contributed by atoms with Crippen LogP contribution in [-0.4, -0.2) is 37.8 Å². The van der Waals surface area contributed by atoms with Crippen LogP contribution < -0.4 is 10.1 Å². The molecule has 2 heterocycles. The lowest BCUT2D eigenvalue weighted by Gasteiger charge is -2.22. The molecular formula is C18H14BrF3N6O2. The summed E-state index contributed by atoms with van der Waals surface area (Å²) >= 11 is 3.36. The third-order valence-electron chi connectivity index (χ3n) is 4.09.